The molecule has 2 bridgehead atoms. The smallest absolute Gasteiger partial charge is 0.112 e. The highest BCUT2D eigenvalue weighted by Gasteiger charge is 2.60. The molecule has 4 aliphatic rings. The number of fused-ring (bicyclic) bond motifs is 3. The molecule has 1 aromatic carbocycles. The fourth-order valence-electron chi connectivity index (χ4n) is 5.48. The molecule has 0 radical (unpaired) electrons. The summed E-state index contributed by atoms with van der Waals surface area (Å²) in [4.78, 5) is 4.80. The molecule has 1 aliphatic carbocycles. The quantitative estimate of drug-likeness (QED) is 0.710. The van der Waals surface area contributed by atoms with Crippen molar-refractivity contribution < 1.29 is 4.74 Å². The molecule has 0 amide bonds. The molecule has 4 atom stereocenters. The van der Waals surface area contributed by atoms with Crippen molar-refractivity contribution in [2.45, 2.75) is 56.4 Å². The number of ether oxygens (including phenoxy) is 1. The lowest BCUT2D eigenvalue weighted by Crippen LogP contribution is -2.48. The lowest BCUT2D eigenvalue weighted by Gasteiger charge is -2.39. The first-order valence-electron chi connectivity index (χ1n) is 10.2. The van der Waals surface area contributed by atoms with Gasteiger partial charge in [-0.1, -0.05) is 24.3 Å². The highest BCUT2D eigenvalue weighted by Crippen LogP contribution is 2.54. The third-order valence-corrected chi connectivity index (χ3v) is 6.65. The largest absolute Gasteiger partial charge is 0.378 e. The summed E-state index contributed by atoms with van der Waals surface area (Å²) in [5, 5.41) is 0. The number of hydrogen-bond acceptors (Lipinski definition) is 3. The van der Waals surface area contributed by atoms with Gasteiger partial charge in [-0.05, 0) is 62.2 Å². The Balaban J connectivity index is 1.49. The SMILES string of the molecule is CC1C=C2C(C#Cc3ccc(N(C)C)cc3)=CC3CC2(O1)C1CCCCN31. The molecule has 1 aromatic rings. The van der Waals surface area contributed by atoms with Crippen LogP contribution in [0.3, 0.4) is 0 Å². The van der Waals surface area contributed by atoms with Crippen LogP contribution in [-0.2, 0) is 4.74 Å². The summed E-state index contributed by atoms with van der Waals surface area (Å²) in [5.74, 6) is 6.91. The maximum absolute atomic E-state index is 6.59. The third-order valence-electron chi connectivity index (χ3n) is 6.65. The molecule has 2 fully saturated rings. The van der Waals surface area contributed by atoms with Crippen molar-refractivity contribution in [3.63, 3.8) is 0 Å². The predicted molar refractivity (Wildman–Crippen MR) is 110 cm³/mol. The van der Waals surface area contributed by atoms with E-state index < -0.39 is 0 Å². The molecule has 0 N–H and O–H groups in total. The van der Waals surface area contributed by atoms with Crippen LogP contribution >= 0.6 is 0 Å². The highest BCUT2D eigenvalue weighted by atomic mass is 16.5. The van der Waals surface area contributed by atoms with Crippen molar-refractivity contribution in [2.24, 2.45) is 0 Å². The van der Waals surface area contributed by atoms with E-state index in [1.165, 1.54) is 42.6 Å². The van der Waals surface area contributed by atoms with Gasteiger partial charge in [0.05, 0.1) is 6.10 Å². The van der Waals surface area contributed by atoms with Crippen LogP contribution in [0.5, 0.6) is 0 Å². The van der Waals surface area contributed by atoms with Gasteiger partial charge in [-0.25, -0.2) is 0 Å². The van der Waals surface area contributed by atoms with E-state index in [0.717, 1.165) is 12.0 Å². The molecule has 5 rings (SSSR count). The standard InChI is InChI=1S/C24H28N2O/c1-17-14-22-19(10-7-18-8-11-20(12-9-18)25(2)3)15-21-16-24(22,27-17)23-6-4-5-13-26(21)23/h8-9,11-12,14-15,17,21,23H,4-6,13,16H2,1-3H3. The Kier molecular flexibility index (Phi) is 3.96. The van der Waals surface area contributed by atoms with Gasteiger partial charge >= 0.3 is 0 Å². The summed E-state index contributed by atoms with van der Waals surface area (Å²) in [6, 6.07) is 9.50. The topological polar surface area (TPSA) is 15.7 Å². The zero-order valence-electron chi connectivity index (χ0n) is 16.5. The van der Waals surface area contributed by atoms with Gasteiger partial charge in [0.25, 0.3) is 0 Å². The lowest BCUT2D eigenvalue weighted by molar-refractivity contribution is -0.0500. The van der Waals surface area contributed by atoms with Crippen molar-refractivity contribution in [3.05, 3.63) is 53.1 Å². The van der Waals surface area contributed by atoms with E-state index in [0.29, 0.717) is 12.1 Å². The fraction of sp³-hybridized carbons (Fsp3) is 0.500. The Labute approximate surface area is 162 Å². The molecule has 3 aliphatic heterocycles. The number of hydrogen-bond donors (Lipinski definition) is 0. The van der Waals surface area contributed by atoms with Crippen molar-refractivity contribution >= 4 is 5.69 Å². The van der Waals surface area contributed by atoms with Crippen molar-refractivity contribution in [2.75, 3.05) is 25.5 Å². The molecule has 27 heavy (non-hydrogen) atoms. The number of rotatable bonds is 1. The first-order valence-corrected chi connectivity index (χ1v) is 10.2. The van der Waals surface area contributed by atoms with Gasteiger partial charge in [0.15, 0.2) is 0 Å². The molecule has 3 heteroatoms. The maximum Gasteiger partial charge on any atom is 0.112 e. The van der Waals surface area contributed by atoms with Crippen LogP contribution in [0.25, 0.3) is 0 Å². The summed E-state index contributed by atoms with van der Waals surface area (Å²) in [5.41, 5.74) is 4.71. The molecule has 140 valence electrons. The monoisotopic (exact) mass is 360 g/mol. The lowest BCUT2D eigenvalue weighted by atomic mass is 9.77. The van der Waals surface area contributed by atoms with E-state index in [1.807, 2.05) is 0 Å². The highest BCUT2D eigenvalue weighted by molar-refractivity contribution is 5.60. The van der Waals surface area contributed by atoms with E-state index >= 15 is 0 Å². The zero-order chi connectivity index (χ0) is 18.6. The second kappa shape index (κ2) is 6.26. The predicted octanol–water partition coefficient (Wildman–Crippen LogP) is 3.75. The van der Waals surface area contributed by atoms with Crippen LogP contribution in [-0.4, -0.2) is 49.3 Å². The third kappa shape index (κ3) is 2.66. The number of nitrogens with zero attached hydrogens (tertiary/aromatic N) is 2. The molecule has 2 saturated heterocycles. The Morgan fingerprint density at radius 2 is 1.93 bits per heavy atom. The number of benzene rings is 1. The average Bonchev–Trinajstić information content (AvgIpc) is 3.15. The van der Waals surface area contributed by atoms with Crippen LogP contribution in [0.15, 0.2) is 47.6 Å². The molecule has 3 heterocycles. The molecular weight excluding hydrogens is 332 g/mol. The average molecular weight is 361 g/mol. The number of piperidine rings is 1. The van der Waals surface area contributed by atoms with Crippen LogP contribution in [0.1, 0.15) is 38.2 Å². The Hall–Kier alpha value is -2.02. The van der Waals surface area contributed by atoms with Gasteiger partial charge in [-0.15, -0.1) is 0 Å². The second-order valence-corrected chi connectivity index (χ2v) is 8.59. The molecule has 4 unspecified atom stereocenters. The van der Waals surface area contributed by atoms with E-state index in [2.05, 4.69) is 79.1 Å². The van der Waals surface area contributed by atoms with E-state index in [9.17, 15) is 0 Å². The minimum Gasteiger partial charge on any atom is -0.378 e. The Morgan fingerprint density at radius 3 is 2.70 bits per heavy atom. The van der Waals surface area contributed by atoms with Crippen LogP contribution in [0.4, 0.5) is 5.69 Å². The minimum atomic E-state index is -0.113. The van der Waals surface area contributed by atoms with Gasteiger partial charge in [-0.3, -0.25) is 4.90 Å². The Bertz CT molecular complexity index is 870. The van der Waals surface area contributed by atoms with Gasteiger partial charge in [0.1, 0.15) is 5.60 Å². The molecular formula is C24H28N2O. The van der Waals surface area contributed by atoms with Gasteiger partial charge < -0.3 is 9.64 Å². The first kappa shape index (κ1) is 17.1. The van der Waals surface area contributed by atoms with Gasteiger partial charge in [0.2, 0.25) is 0 Å². The van der Waals surface area contributed by atoms with Crippen LogP contribution < -0.4 is 4.90 Å². The van der Waals surface area contributed by atoms with E-state index in [4.69, 9.17) is 4.74 Å². The first-order chi connectivity index (χ1) is 13.1. The second-order valence-electron chi connectivity index (χ2n) is 8.59. The molecule has 0 aromatic heterocycles. The fourth-order valence-corrected chi connectivity index (χ4v) is 5.48. The van der Waals surface area contributed by atoms with Crippen molar-refractivity contribution in [1.29, 1.82) is 0 Å². The molecule has 1 spiro atoms. The molecule has 0 saturated carbocycles. The van der Waals surface area contributed by atoms with Crippen molar-refractivity contribution in [1.82, 2.24) is 4.90 Å². The van der Waals surface area contributed by atoms with E-state index in [-0.39, 0.29) is 11.7 Å². The van der Waals surface area contributed by atoms with Gasteiger partial charge in [-0.2, -0.15) is 0 Å². The zero-order valence-corrected chi connectivity index (χ0v) is 16.5. The minimum absolute atomic E-state index is 0.113. The summed E-state index contributed by atoms with van der Waals surface area (Å²) in [6.45, 7) is 3.37. The van der Waals surface area contributed by atoms with Crippen LogP contribution in [0.2, 0.25) is 0 Å². The summed E-state index contributed by atoms with van der Waals surface area (Å²) in [6.07, 6.45) is 9.91. The number of anilines is 1. The van der Waals surface area contributed by atoms with Crippen molar-refractivity contribution in [3.8, 4) is 11.8 Å². The molecule has 3 nitrogen and oxygen atoms in total. The van der Waals surface area contributed by atoms with Crippen LogP contribution in [0, 0.1) is 11.8 Å². The summed E-state index contributed by atoms with van der Waals surface area (Å²) >= 11 is 0. The summed E-state index contributed by atoms with van der Waals surface area (Å²) < 4.78 is 6.59. The normalized spacial score (nSPS) is 34.1. The van der Waals surface area contributed by atoms with E-state index in [1.54, 1.807) is 0 Å². The van der Waals surface area contributed by atoms with Gasteiger partial charge in [0, 0.05) is 49.4 Å². The summed E-state index contributed by atoms with van der Waals surface area (Å²) in [7, 11) is 4.12. The Morgan fingerprint density at radius 1 is 1.11 bits per heavy atom. The maximum atomic E-state index is 6.59.